The van der Waals surface area contributed by atoms with Gasteiger partial charge in [-0.2, -0.15) is 0 Å². The van der Waals surface area contributed by atoms with Gasteiger partial charge in [-0.25, -0.2) is 0 Å². The van der Waals surface area contributed by atoms with Gasteiger partial charge in [0.05, 0.1) is 6.04 Å². The van der Waals surface area contributed by atoms with Crippen molar-refractivity contribution in [2.24, 2.45) is 5.92 Å². The highest BCUT2D eigenvalue weighted by molar-refractivity contribution is 5.79. The van der Waals surface area contributed by atoms with Crippen molar-refractivity contribution < 1.29 is 9.59 Å². The number of terminal acetylenes is 1. The van der Waals surface area contributed by atoms with Crippen LogP contribution in [0, 0.1) is 18.3 Å². The molecule has 0 aromatic rings. The van der Waals surface area contributed by atoms with Gasteiger partial charge in [-0.15, -0.1) is 12.2 Å². The number of allylic oxidation sites excluding steroid dienone is 3. The lowest BCUT2D eigenvalue weighted by atomic mass is 10.0. The molecule has 1 unspecified atom stereocenters. The molecule has 0 rings (SSSR count). The SMILES string of the molecule is C#CC=C=C/C(=C\C)CC.CCCC(=O)NC(C=O)CC(C)C. The predicted molar refractivity (Wildman–Crippen MR) is 97.9 cm³/mol. The molecule has 1 amide bonds. The van der Waals surface area contributed by atoms with Gasteiger partial charge >= 0.3 is 0 Å². The zero-order valence-electron chi connectivity index (χ0n) is 15.2. The first kappa shape index (κ1) is 23.2. The summed E-state index contributed by atoms with van der Waals surface area (Å²) in [5.74, 6) is 2.78. The number of carbonyl (C=O) groups excluding carboxylic acids is 2. The van der Waals surface area contributed by atoms with Crippen molar-refractivity contribution in [3.8, 4) is 12.3 Å². The van der Waals surface area contributed by atoms with Crippen molar-refractivity contribution in [1.82, 2.24) is 5.32 Å². The molecule has 0 aromatic carbocycles. The molecule has 0 saturated carbocycles. The molecule has 0 aliphatic carbocycles. The van der Waals surface area contributed by atoms with Crippen LogP contribution in [-0.4, -0.2) is 18.2 Å². The van der Waals surface area contributed by atoms with Gasteiger partial charge in [0.2, 0.25) is 5.91 Å². The zero-order valence-corrected chi connectivity index (χ0v) is 15.2. The average molecular weight is 317 g/mol. The van der Waals surface area contributed by atoms with Gasteiger partial charge in [0.1, 0.15) is 6.29 Å². The number of nitrogens with one attached hydrogen (secondary N) is 1. The summed E-state index contributed by atoms with van der Waals surface area (Å²) in [6.45, 7) is 10.1. The van der Waals surface area contributed by atoms with Gasteiger partial charge in [-0.3, -0.25) is 4.79 Å². The van der Waals surface area contributed by atoms with E-state index in [1.807, 2.05) is 33.8 Å². The van der Waals surface area contributed by atoms with E-state index in [1.54, 1.807) is 6.08 Å². The molecule has 1 atom stereocenters. The summed E-state index contributed by atoms with van der Waals surface area (Å²) in [5, 5.41) is 2.69. The van der Waals surface area contributed by atoms with Gasteiger partial charge in [0, 0.05) is 12.5 Å². The number of hydrogen-bond acceptors (Lipinski definition) is 2. The van der Waals surface area contributed by atoms with E-state index in [2.05, 4.69) is 30.0 Å². The van der Waals surface area contributed by atoms with Crippen molar-refractivity contribution in [2.75, 3.05) is 0 Å². The summed E-state index contributed by atoms with van der Waals surface area (Å²) >= 11 is 0. The monoisotopic (exact) mass is 317 g/mol. The second-order valence-electron chi connectivity index (χ2n) is 5.53. The first-order valence-corrected chi connectivity index (χ1v) is 8.21. The van der Waals surface area contributed by atoms with E-state index in [-0.39, 0.29) is 11.9 Å². The van der Waals surface area contributed by atoms with E-state index in [1.165, 1.54) is 5.57 Å². The third kappa shape index (κ3) is 16.2. The van der Waals surface area contributed by atoms with Crippen LogP contribution in [0.25, 0.3) is 0 Å². The van der Waals surface area contributed by atoms with E-state index < -0.39 is 0 Å². The van der Waals surface area contributed by atoms with Crippen LogP contribution in [0.5, 0.6) is 0 Å². The van der Waals surface area contributed by atoms with Crippen molar-refractivity contribution in [1.29, 1.82) is 0 Å². The zero-order chi connectivity index (χ0) is 18.1. The molecule has 0 aliphatic heterocycles. The molecule has 0 saturated heterocycles. The number of carbonyl (C=O) groups is 2. The molecule has 0 spiro atoms. The van der Waals surface area contributed by atoms with Gasteiger partial charge in [0.15, 0.2) is 0 Å². The smallest absolute Gasteiger partial charge is 0.220 e. The lowest BCUT2D eigenvalue weighted by Gasteiger charge is -2.14. The molecule has 0 aliphatic rings. The first-order valence-electron chi connectivity index (χ1n) is 8.21. The Bertz CT molecular complexity index is 461. The molecule has 23 heavy (non-hydrogen) atoms. The Labute approximate surface area is 141 Å². The normalized spacial score (nSPS) is 11.3. The van der Waals surface area contributed by atoms with Crippen LogP contribution in [0.15, 0.2) is 29.5 Å². The van der Waals surface area contributed by atoms with E-state index in [0.717, 1.165) is 25.5 Å². The quantitative estimate of drug-likeness (QED) is 0.315. The topological polar surface area (TPSA) is 46.2 Å². The molecule has 0 aromatic heterocycles. The van der Waals surface area contributed by atoms with Crippen LogP contribution in [0.2, 0.25) is 0 Å². The second kappa shape index (κ2) is 16.3. The van der Waals surface area contributed by atoms with E-state index in [0.29, 0.717) is 12.3 Å². The summed E-state index contributed by atoms with van der Waals surface area (Å²) in [7, 11) is 0. The minimum atomic E-state index is -0.306. The maximum Gasteiger partial charge on any atom is 0.220 e. The maximum absolute atomic E-state index is 11.1. The Kier molecular flexibility index (Phi) is 16.5. The van der Waals surface area contributed by atoms with Crippen molar-refractivity contribution in [3.63, 3.8) is 0 Å². The minimum absolute atomic E-state index is 0.0275. The Morgan fingerprint density at radius 2 is 1.96 bits per heavy atom. The summed E-state index contributed by atoms with van der Waals surface area (Å²) in [6.07, 6.45) is 14.4. The number of rotatable bonds is 8. The van der Waals surface area contributed by atoms with Gasteiger partial charge in [-0.05, 0) is 43.8 Å². The van der Waals surface area contributed by atoms with Crippen molar-refractivity contribution in [3.05, 3.63) is 29.5 Å². The van der Waals surface area contributed by atoms with Gasteiger partial charge in [-0.1, -0.05) is 39.7 Å². The fourth-order valence-corrected chi connectivity index (χ4v) is 1.75. The Morgan fingerprint density at radius 3 is 2.35 bits per heavy atom. The number of amides is 1. The molecule has 0 radical (unpaired) electrons. The van der Waals surface area contributed by atoms with E-state index in [4.69, 9.17) is 6.42 Å². The molecule has 1 N–H and O–H groups in total. The molecule has 0 bridgehead atoms. The molecule has 0 heterocycles. The standard InChI is InChI=1S/C10H19NO2.C10H12/c1-4-5-10(13)11-9(7-12)6-8(2)3;1-4-7-8-9-10(5-2)6-3/h7-9H,4-6H2,1-3H3,(H,11,13);1,5,7,9H,6H2,2-3H3/b;10-5-. The second-order valence-corrected chi connectivity index (χ2v) is 5.53. The molecular formula is C20H31NO2. The largest absolute Gasteiger partial charge is 0.347 e. The Morgan fingerprint density at radius 1 is 1.30 bits per heavy atom. The van der Waals surface area contributed by atoms with Gasteiger partial charge in [0.25, 0.3) is 0 Å². The number of hydrogen-bond donors (Lipinski definition) is 1. The van der Waals surface area contributed by atoms with Crippen LogP contribution in [0.3, 0.4) is 0 Å². The van der Waals surface area contributed by atoms with Crippen molar-refractivity contribution in [2.45, 2.75) is 66.3 Å². The molecule has 128 valence electrons. The molecule has 3 heteroatoms. The van der Waals surface area contributed by atoms with Crippen LogP contribution in [-0.2, 0) is 9.59 Å². The van der Waals surface area contributed by atoms with E-state index in [9.17, 15) is 9.59 Å². The summed E-state index contributed by atoms with van der Waals surface area (Å²) < 4.78 is 0. The average Bonchev–Trinajstić information content (AvgIpc) is 2.51. The van der Waals surface area contributed by atoms with Gasteiger partial charge < -0.3 is 10.1 Å². The molecular weight excluding hydrogens is 286 g/mol. The van der Waals surface area contributed by atoms with Crippen LogP contribution in [0.1, 0.15) is 60.3 Å². The highest BCUT2D eigenvalue weighted by atomic mass is 16.2. The fraction of sp³-hybridized carbons (Fsp3) is 0.550. The third-order valence-electron chi connectivity index (χ3n) is 2.93. The summed E-state index contributed by atoms with van der Waals surface area (Å²) in [4.78, 5) is 21.7. The lowest BCUT2D eigenvalue weighted by Crippen LogP contribution is -2.36. The molecule has 0 fully saturated rings. The Balaban J connectivity index is 0. The first-order chi connectivity index (χ1) is 10.9. The van der Waals surface area contributed by atoms with Crippen molar-refractivity contribution >= 4 is 12.2 Å². The molecule has 3 nitrogen and oxygen atoms in total. The van der Waals surface area contributed by atoms with E-state index >= 15 is 0 Å². The third-order valence-corrected chi connectivity index (χ3v) is 2.93. The lowest BCUT2D eigenvalue weighted by molar-refractivity contribution is -0.124. The highest BCUT2D eigenvalue weighted by Crippen LogP contribution is 2.03. The Hall–Kier alpha value is -2.04. The fourth-order valence-electron chi connectivity index (χ4n) is 1.75. The number of aldehydes is 1. The highest BCUT2D eigenvalue weighted by Gasteiger charge is 2.11. The summed E-state index contributed by atoms with van der Waals surface area (Å²) in [5.41, 5.74) is 4.14. The van der Waals surface area contributed by atoms with Crippen LogP contribution >= 0.6 is 0 Å². The van der Waals surface area contributed by atoms with Crippen LogP contribution < -0.4 is 5.32 Å². The minimum Gasteiger partial charge on any atom is -0.347 e. The predicted octanol–water partition coefficient (Wildman–Crippen LogP) is 4.20. The summed E-state index contributed by atoms with van der Waals surface area (Å²) in [6, 6.07) is -0.306. The van der Waals surface area contributed by atoms with Crippen LogP contribution in [0.4, 0.5) is 0 Å². The maximum atomic E-state index is 11.1.